The first kappa shape index (κ1) is 14.5. The number of aliphatic imine (C=N–C) groups is 1. The first-order chi connectivity index (χ1) is 8.43. The Morgan fingerprint density at radius 3 is 2.28 bits per heavy atom. The van der Waals surface area contributed by atoms with E-state index >= 15 is 0 Å². The molecule has 0 saturated heterocycles. The monoisotopic (exact) mass is 248 g/mol. The molecule has 0 radical (unpaired) electrons. The normalized spacial score (nSPS) is 11.8. The van der Waals surface area contributed by atoms with E-state index in [1.54, 1.807) is 0 Å². The number of rotatable bonds is 3. The van der Waals surface area contributed by atoms with Crippen molar-refractivity contribution in [3.05, 3.63) is 29.3 Å². The van der Waals surface area contributed by atoms with Crippen molar-refractivity contribution >= 4 is 11.6 Å². The minimum Gasteiger partial charge on any atom is -0.315 e. The van der Waals surface area contributed by atoms with E-state index in [1.165, 1.54) is 11.1 Å². The van der Waals surface area contributed by atoms with Crippen LogP contribution in [-0.2, 0) is 0 Å². The molecule has 0 spiro atoms. The van der Waals surface area contributed by atoms with E-state index in [4.69, 9.17) is 5.84 Å². The highest BCUT2D eigenvalue weighted by molar-refractivity contribution is 5.95. The zero-order valence-corrected chi connectivity index (χ0v) is 12.0. The maximum atomic E-state index is 5.55. The molecule has 1 aromatic carbocycles. The summed E-state index contributed by atoms with van der Waals surface area (Å²) in [6, 6.07) is 6.39. The Morgan fingerprint density at radius 2 is 1.83 bits per heavy atom. The van der Waals surface area contributed by atoms with Crippen LogP contribution in [0.5, 0.6) is 0 Å². The lowest BCUT2D eigenvalue weighted by atomic mass is 10.1. The van der Waals surface area contributed by atoms with Gasteiger partial charge in [0.25, 0.3) is 0 Å². The topological polar surface area (TPSA) is 53.6 Å². The first-order valence-electron chi connectivity index (χ1n) is 6.27. The van der Waals surface area contributed by atoms with Crippen LogP contribution in [0.15, 0.2) is 23.2 Å². The third kappa shape index (κ3) is 4.04. The Hall–Kier alpha value is -1.55. The second-order valence-electron chi connectivity index (χ2n) is 5.11. The Kier molecular flexibility index (Phi) is 5.16. The lowest BCUT2D eigenvalue weighted by molar-refractivity contribution is 0.661. The van der Waals surface area contributed by atoms with Crippen LogP contribution >= 0.6 is 0 Å². The fourth-order valence-electron chi connectivity index (χ4n) is 1.78. The molecule has 0 amide bonds. The van der Waals surface area contributed by atoms with Crippen molar-refractivity contribution in [3.8, 4) is 0 Å². The predicted molar refractivity (Wildman–Crippen MR) is 78.8 cm³/mol. The number of anilines is 1. The maximum Gasteiger partial charge on any atom is 0.212 e. The summed E-state index contributed by atoms with van der Waals surface area (Å²) in [6.07, 6.45) is 0. The van der Waals surface area contributed by atoms with E-state index in [0.717, 1.165) is 12.2 Å². The lowest BCUT2D eigenvalue weighted by Gasteiger charge is -2.22. The van der Waals surface area contributed by atoms with Gasteiger partial charge in [-0.15, -0.1) is 0 Å². The van der Waals surface area contributed by atoms with Crippen LogP contribution in [-0.4, -0.2) is 19.6 Å². The van der Waals surface area contributed by atoms with Crippen LogP contribution in [0.2, 0.25) is 0 Å². The number of aryl methyl sites for hydroxylation is 2. The van der Waals surface area contributed by atoms with Crippen molar-refractivity contribution in [3.63, 3.8) is 0 Å². The molecule has 0 aliphatic heterocycles. The van der Waals surface area contributed by atoms with Crippen molar-refractivity contribution in [2.75, 3.05) is 18.5 Å². The third-order valence-electron chi connectivity index (χ3n) is 2.65. The van der Waals surface area contributed by atoms with E-state index in [9.17, 15) is 0 Å². The molecule has 3 N–H and O–H groups in total. The molecule has 1 rings (SSSR count). The van der Waals surface area contributed by atoms with E-state index in [1.807, 2.05) is 11.9 Å². The van der Waals surface area contributed by atoms with Gasteiger partial charge < -0.3 is 4.90 Å². The van der Waals surface area contributed by atoms with Crippen LogP contribution in [0.25, 0.3) is 0 Å². The molecule has 0 saturated carbocycles. The van der Waals surface area contributed by atoms with E-state index in [0.29, 0.717) is 11.9 Å². The summed E-state index contributed by atoms with van der Waals surface area (Å²) in [5.41, 5.74) is 6.23. The van der Waals surface area contributed by atoms with Gasteiger partial charge in [0.05, 0.1) is 0 Å². The highest BCUT2D eigenvalue weighted by Crippen LogP contribution is 2.17. The summed E-state index contributed by atoms with van der Waals surface area (Å²) in [6.45, 7) is 9.20. The molecule has 0 bridgehead atoms. The number of nitrogens with zero attached hydrogens (tertiary/aromatic N) is 2. The average Bonchev–Trinajstić information content (AvgIpc) is 2.27. The Morgan fingerprint density at radius 1 is 1.28 bits per heavy atom. The summed E-state index contributed by atoms with van der Waals surface area (Å²) in [4.78, 5) is 6.46. The lowest BCUT2D eigenvalue weighted by Crippen LogP contribution is -2.43. The summed E-state index contributed by atoms with van der Waals surface area (Å²) in [7, 11) is 1.97. The van der Waals surface area contributed by atoms with Crippen LogP contribution < -0.4 is 16.2 Å². The molecule has 4 nitrogen and oxygen atoms in total. The first-order valence-corrected chi connectivity index (χ1v) is 6.27. The molecule has 0 aromatic heterocycles. The van der Waals surface area contributed by atoms with Crippen LogP contribution in [0.1, 0.15) is 25.0 Å². The molecule has 18 heavy (non-hydrogen) atoms. The average molecular weight is 248 g/mol. The zero-order chi connectivity index (χ0) is 13.7. The fraction of sp³-hybridized carbons (Fsp3) is 0.500. The molecule has 4 heteroatoms. The molecule has 0 unspecified atom stereocenters. The predicted octanol–water partition coefficient (Wildman–Crippen LogP) is 2.21. The Bertz CT molecular complexity index is 404. The number of hydrazine groups is 1. The largest absolute Gasteiger partial charge is 0.315 e. The van der Waals surface area contributed by atoms with Crippen molar-refractivity contribution < 1.29 is 0 Å². The van der Waals surface area contributed by atoms with Crippen LogP contribution in [0.3, 0.4) is 0 Å². The van der Waals surface area contributed by atoms with Crippen LogP contribution in [0.4, 0.5) is 5.69 Å². The standard InChI is InChI=1S/C14H24N4/c1-10(2)9-16-14(17-15)18(5)13-7-11(3)6-12(4)8-13/h6-8,10H,9,15H2,1-5H3,(H,16,17). The minimum atomic E-state index is 0.515. The van der Waals surface area contributed by atoms with Gasteiger partial charge in [-0.05, 0) is 43.0 Å². The zero-order valence-electron chi connectivity index (χ0n) is 12.0. The van der Waals surface area contributed by atoms with Gasteiger partial charge in [0.2, 0.25) is 5.96 Å². The SMILES string of the molecule is Cc1cc(C)cc(N(C)C(=NCC(C)C)NN)c1. The van der Waals surface area contributed by atoms with Gasteiger partial charge >= 0.3 is 0 Å². The molecule has 0 fully saturated rings. The summed E-state index contributed by atoms with van der Waals surface area (Å²) < 4.78 is 0. The minimum absolute atomic E-state index is 0.515. The van der Waals surface area contributed by atoms with Gasteiger partial charge in [-0.25, -0.2) is 5.84 Å². The molecular weight excluding hydrogens is 224 g/mol. The molecular formula is C14H24N4. The molecule has 0 aliphatic carbocycles. The third-order valence-corrected chi connectivity index (χ3v) is 2.65. The number of hydrogen-bond acceptors (Lipinski definition) is 2. The van der Waals surface area contributed by atoms with Gasteiger partial charge in [0, 0.05) is 19.3 Å². The maximum absolute atomic E-state index is 5.55. The molecule has 0 aliphatic rings. The van der Waals surface area contributed by atoms with Crippen LogP contribution in [0, 0.1) is 19.8 Å². The van der Waals surface area contributed by atoms with Gasteiger partial charge in [0.1, 0.15) is 0 Å². The number of nitrogens with two attached hydrogens (primary N) is 1. The van der Waals surface area contributed by atoms with E-state index < -0.39 is 0 Å². The summed E-state index contributed by atoms with van der Waals surface area (Å²) in [5.74, 6) is 6.75. The smallest absolute Gasteiger partial charge is 0.212 e. The van der Waals surface area contributed by atoms with E-state index in [-0.39, 0.29) is 0 Å². The highest BCUT2D eigenvalue weighted by atomic mass is 15.4. The Balaban J connectivity index is 2.95. The molecule has 0 atom stereocenters. The number of nitrogens with one attached hydrogen (secondary N) is 1. The summed E-state index contributed by atoms with van der Waals surface area (Å²) >= 11 is 0. The van der Waals surface area contributed by atoms with Crippen molar-refractivity contribution in [2.24, 2.45) is 16.8 Å². The van der Waals surface area contributed by atoms with Gasteiger partial charge in [-0.2, -0.15) is 0 Å². The van der Waals surface area contributed by atoms with E-state index in [2.05, 4.69) is 56.3 Å². The second kappa shape index (κ2) is 6.40. The van der Waals surface area contributed by atoms with Gasteiger partial charge in [-0.1, -0.05) is 19.9 Å². The Labute approximate surface area is 110 Å². The quantitative estimate of drug-likeness (QED) is 0.373. The highest BCUT2D eigenvalue weighted by Gasteiger charge is 2.08. The van der Waals surface area contributed by atoms with Gasteiger partial charge in [0.15, 0.2) is 0 Å². The number of hydrogen-bond donors (Lipinski definition) is 2. The second-order valence-corrected chi connectivity index (χ2v) is 5.11. The molecule has 1 aromatic rings. The molecule has 100 valence electrons. The van der Waals surface area contributed by atoms with Gasteiger partial charge in [-0.3, -0.25) is 10.4 Å². The fourth-order valence-corrected chi connectivity index (χ4v) is 1.78. The number of benzene rings is 1. The number of guanidine groups is 1. The molecule has 0 heterocycles. The van der Waals surface area contributed by atoms with Crippen molar-refractivity contribution in [2.45, 2.75) is 27.7 Å². The summed E-state index contributed by atoms with van der Waals surface area (Å²) in [5, 5.41) is 0. The van der Waals surface area contributed by atoms with Crippen molar-refractivity contribution in [1.82, 2.24) is 5.43 Å². The van der Waals surface area contributed by atoms with Crippen molar-refractivity contribution in [1.29, 1.82) is 0 Å².